The molecule has 2 rings (SSSR count). The molecular formula is C14H27NO2. The number of ether oxygens (including phenoxy) is 2. The van der Waals surface area contributed by atoms with Crippen LogP contribution in [0.1, 0.15) is 45.4 Å². The van der Waals surface area contributed by atoms with Gasteiger partial charge in [-0.25, -0.2) is 0 Å². The molecule has 1 heterocycles. The molecule has 1 N–H and O–H groups in total. The van der Waals surface area contributed by atoms with Gasteiger partial charge < -0.3 is 14.8 Å². The van der Waals surface area contributed by atoms with Crippen LogP contribution in [0.25, 0.3) is 0 Å². The van der Waals surface area contributed by atoms with Crippen molar-refractivity contribution in [3.8, 4) is 0 Å². The Kier molecular flexibility index (Phi) is 5.75. The van der Waals surface area contributed by atoms with Gasteiger partial charge in [-0.15, -0.1) is 0 Å². The van der Waals surface area contributed by atoms with Gasteiger partial charge in [0, 0.05) is 6.04 Å². The summed E-state index contributed by atoms with van der Waals surface area (Å²) in [6.07, 6.45) is 8.65. The lowest BCUT2D eigenvalue weighted by Crippen LogP contribution is -2.46. The number of rotatable bonds is 6. The quantitative estimate of drug-likeness (QED) is 0.774. The van der Waals surface area contributed by atoms with Crippen molar-refractivity contribution in [2.45, 2.75) is 57.6 Å². The first-order valence-electron chi connectivity index (χ1n) is 7.33. The molecule has 1 aliphatic heterocycles. The SMILES string of the molecule is CCNC(CCC1CCCC1)C1COCCO1. The summed E-state index contributed by atoms with van der Waals surface area (Å²) in [5, 5.41) is 3.57. The van der Waals surface area contributed by atoms with E-state index in [1.54, 1.807) is 0 Å². The zero-order valence-corrected chi connectivity index (χ0v) is 11.1. The highest BCUT2D eigenvalue weighted by Crippen LogP contribution is 2.29. The molecule has 2 atom stereocenters. The molecule has 2 aliphatic rings. The molecule has 0 radical (unpaired) electrons. The molecule has 100 valence electrons. The van der Waals surface area contributed by atoms with Crippen LogP contribution < -0.4 is 5.32 Å². The van der Waals surface area contributed by atoms with Crippen molar-refractivity contribution >= 4 is 0 Å². The lowest BCUT2D eigenvalue weighted by atomic mass is 9.96. The topological polar surface area (TPSA) is 30.5 Å². The zero-order chi connectivity index (χ0) is 11.9. The third kappa shape index (κ3) is 4.23. The number of hydrogen-bond acceptors (Lipinski definition) is 3. The van der Waals surface area contributed by atoms with Crippen molar-refractivity contribution in [1.29, 1.82) is 0 Å². The van der Waals surface area contributed by atoms with Crippen molar-refractivity contribution in [2.24, 2.45) is 5.92 Å². The highest BCUT2D eigenvalue weighted by Gasteiger charge is 2.25. The lowest BCUT2D eigenvalue weighted by Gasteiger charge is -2.31. The largest absolute Gasteiger partial charge is 0.376 e. The maximum atomic E-state index is 5.82. The van der Waals surface area contributed by atoms with E-state index in [0.717, 1.165) is 32.3 Å². The van der Waals surface area contributed by atoms with Gasteiger partial charge in [0.05, 0.1) is 25.9 Å². The first kappa shape index (κ1) is 13.3. The fourth-order valence-electron chi connectivity index (χ4n) is 3.13. The monoisotopic (exact) mass is 241 g/mol. The minimum atomic E-state index is 0.269. The second kappa shape index (κ2) is 7.34. The van der Waals surface area contributed by atoms with Gasteiger partial charge in [0.2, 0.25) is 0 Å². The Balaban J connectivity index is 1.74. The number of hydrogen-bond donors (Lipinski definition) is 1. The van der Waals surface area contributed by atoms with Crippen LogP contribution in [0.2, 0.25) is 0 Å². The summed E-state index contributed by atoms with van der Waals surface area (Å²) >= 11 is 0. The summed E-state index contributed by atoms with van der Waals surface area (Å²) in [6.45, 7) is 5.48. The summed E-state index contributed by atoms with van der Waals surface area (Å²) < 4.78 is 11.3. The van der Waals surface area contributed by atoms with Gasteiger partial charge in [-0.3, -0.25) is 0 Å². The van der Waals surface area contributed by atoms with E-state index in [9.17, 15) is 0 Å². The Bertz CT molecular complexity index is 198. The molecule has 2 unspecified atom stereocenters. The van der Waals surface area contributed by atoms with Crippen LogP contribution in [0.3, 0.4) is 0 Å². The fraction of sp³-hybridized carbons (Fsp3) is 1.00. The van der Waals surface area contributed by atoms with Crippen LogP contribution in [-0.2, 0) is 9.47 Å². The third-order valence-corrected chi connectivity index (χ3v) is 4.12. The van der Waals surface area contributed by atoms with Crippen molar-refractivity contribution in [3.63, 3.8) is 0 Å². The molecule has 0 bridgehead atoms. The Hall–Kier alpha value is -0.120. The van der Waals surface area contributed by atoms with E-state index in [-0.39, 0.29) is 6.10 Å². The van der Waals surface area contributed by atoms with E-state index in [2.05, 4.69) is 12.2 Å². The smallest absolute Gasteiger partial charge is 0.0962 e. The van der Waals surface area contributed by atoms with Gasteiger partial charge in [-0.05, 0) is 25.3 Å². The second-order valence-electron chi connectivity index (χ2n) is 5.38. The third-order valence-electron chi connectivity index (χ3n) is 4.12. The van der Waals surface area contributed by atoms with Crippen molar-refractivity contribution < 1.29 is 9.47 Å². The Morgan fingerprint density at radius 2 is 2.06 bits per heavy atom. The Morgan fingerprint density at radius 1 is 1.24 bits per heavy atom. The van der Waals surface area contributed by atoms with Crippen LogP contribution in [0.4, 0.5) is 0 Å². The molecule has 1 saturated heterocycles. The zero-order valence-electron chi connectivity index (χ0n) is 11.1. The van der Waals surface area contributed by atoms with Gasteiger partial charge in [-0.1, -0.05) is 32.6 Å². The molecule has 2 fully saturated rings. The van der Waals surface area contributed by atoms with Gasteiger partial charge in [0.15, 0.2) is 0 Å². The van der Waals surface area contributed by atoms with Gasteiger partial charge in [0.25, 0.3) is 0 Å². The molecule has 0 aromatic carbocycles. The molecule has 3 nitrogen and oxygen atoms in total. The van der Waals surface area contributed by atoms with E-state index in [1.165, 1.54) is 38.5 Å². The molecule has 0 spiro atoms. The van der Waals surface area contributed by atoms with Crippen molar-refractivity contribution in [3.05, 3.63) is 0 Å². The molecule has 0 aromatic rings. The molecule has 17 heavy (non-hydrogen) atoms. The van der Waals surface area contributed by atoms with E-state index in [1.807, 2.05) is 0 Å². The van der Waals surface area contributed by atoms with Gasteiger partial charge in [-0.2, -0.15) is 0 Å². The number of nitrogens with one attached hydrogen (secondary N) is 1. The molecular weight excluding hydrogens is 214 g/mol. The van der Waals surface area contributed by atoms with E-state index < -0.39 is 0 Å². The first-order chi connectivity index (χ1) is 8.40. The van der Waals surface area contributed by atoms with E-state index in [0.29, 0.717) is 6.04 Å². The summed E-state index contributed by atoms with van der Waals surface area (Å²) in [4.78, 5) is 0. The summed E-state index contributed by atoms with van der Waals surface area (Å²) in [6, 6.07) is 0.487. The number of likely N-dealkylation sites (N-methyl/N-ethyl adjacent to an activating group) is 1. The summed E-state index contributed by atoms with van der Waals surface area (Å²) in [7, 11) is 0. The normalized spacial score (nSPS) is 28.4. The molecule has 0 amide bonds. The van der Waals surface area contributed by atoms with Crippen LogP contribution >= 0.6 is 0 Å². The Labute approximate surface area is 105 Å². The second-order valence-corrected chi connectivity index (χ2v) is 5.38. The van der Waals surface area contributed by atoms with E-state index >= 15 is 0 Å². The summed E-state index contributed by atoms with van der Waals surface area (Å²) in [5.74, 6) is 0.973. The average Bonchev–Trinajstić information content (AvgIpc) is 2.88. The van der Waals surface area contributed by atoms with Crippen molar-refractivity contribution in [2.75, 3.05) is 26.4 Å². The van der Waals surface area contributed by atoms with Crippen LogP contribution in [-0.4, -0.2) is 38.5 Å². The van der Waals surface area contributed by atoms with Gasteiger partial charge >= 0.3 is 0 Å². The van der Waals surface area contributed by atoms with Crippen LogP contribution in [0, 0.1) is 5.92 Å². The molecule has 3 heteroatoms. The minimum absolute atomic E-state index is 0.269. The predicted molar refractivity (Wildman–Crippen MR) is 69.2 cm³/mol. The first-order valence-corrected chi connectivity index (χ1v) is 7.33. The molecule has 0 aromatic heterocycles. The highest BCUT2D eigenvalue weighted by molar-refractivity contribution is 4.80. The Morgan fingerprint density at radius 3 is 2.71 bits per heavy atom. The predicted octanol–water partition coefficient (Wildman–Crippen LogP) is 2.35. The average molecular weight is 241 g/mol. The van der Waals surface area contributed by atoms with E-state index in [4.69, 9.17) is 9.47 Å². The minimum Gasteiger partial charge on any atom is -0.376 e. The highest BCUT2D eigenvalue weighted by atomic mass is 16.6. The maximum Gasteiger partial charge on any atom is 0.0962 e. The van der Waals surface area contributed by atoms with Gasteiger partial charge in [0.1, 0.15) is 0 Å². The molecule has 1 saturated carbocycles. The molecule has 1 aliphatic carbocycles. The maximum absolute atomic E-state index is 5.82. The summed E-state index contributed by atoms with van der Waals surface area (Å²) in [5.41, 5.74) is 0. The van der Waals surface area contributed by atoms with Crippen LogP contribution in [0.15, 0.2) is 0 Å². The van der Waals surface area contributed by atoms with Crippen molar-refractivity contribution in [1.82, 2.24) is 5.32 Å². The standard InChI is InChI=1S/C14H27NO2/c1-2-15-13(14-11-16-9-10-17-14)8-7-12-5-3-4-6-12/h12-15H,2-11H2,1H3. The lowest BCUT2D eigenvalue weighted by molar-refractivity contribution is -0.102. The fourth-order valence-corrected chi connectivity index (χ4v) is 3.13. The van der Waals surface area contributed by atoms with Crippen LogP contribution in [0.5, 0.6) is 0 Å².